The van der Waals surface area contributed by atoms with E-state index in [0.29, 0.717) is 39.6 Å². The number of aromatic amines is 1. The summed E-state index contributed by atoms with van der Waals surface area (Å²) in [6.45, 7) is 0.378. The minimum absolute atomic E-state index is 0.0898. The van der Waals surface area contributed by atoms with Crippen molar-refractivity contribution in [1.82, 2.24) is 20.1 Å². The quantitative estimate of drug-likeness (QED) is 0.715. The molecule has 0 bridgehead atoms. The van der Waals surface area contributed by atoms with Gasteiger partial charge in [0.05, 0.1) is 10.0 Å². The number of amides is 1. The molecule has 0 aliphatic heterocycles. The fraction of sp³-hybridized carbons (Fsp3) is 0.400. The molecule has 24 heavy (non-hydrogen) atoms. The molecule has 0 atom stereocenters. The lowest BCUT2D eigenvalue weighted by Crippen LogP contribution is -2.31. The Morgan fingerprint density at radius 3 is 2.92 bits per heavy atom. The molecule has 1 heterocycles. The number of ether oxygens (including phenoxy) is 1. The third-order valence-electron chi connectivity index (χ3n) is 3.62. The molecule has 1 aliphatic rings. The van der Waals surface area contributed by atoms with Gasteiger partial charge < -0.3 is 14.6 Å². The van der Waals surface area contributed by atoms with Crippen LogP contribution in [0.25, 0.3) is 0 Å². The molecule has 1 fully saturated rings. The van der Waals surface area contributed by atoms with Crippen molar-refractivity contribution in [3.63, 3.8) is 0 Å². The number of aromatic nitrogens is 3. The molecule has 2 aromatic rings. The summed E-state index contributed by atoms with van der Waals surface area (Å²) in [6.07, 6.45) is 2.87. The maximum atomic E-state index is 11.8. The number of hydrogen-bond donors (Lipinski definition) is 2. The van der Waals surface area contributed by atoms with E-state index in [1.165, 1.54) is 0 Å². The van der Waals surface area contributed by atoms with Gasteiger partial charge in [-0.1, -0.05) is 23.2 Å². The first-order valence-corrected chi connectivity index (χ1v) is 8.71. The minimum Gasteiger partial charge on any atom is -0.484 e. The van der Waals surface area contributed by atoms with E-state index in [-0.39, 0.29) is 12.5 Å². The van der Waals surface area contributed by atoms with Gasteiger partial charge in [-0.05, 0) is 37.2 Å². The van der Waals surface area contributed by atoms with Crippen molar-refractivity contribution in [2.75, 3.05) is 13.2 Å². The van der Waals surface area contributed by atoms with E-state index < -0.39 is 0 Å². The number of benzene rings is 1. The van der Waals surface area contributed by atoms with Crippen LogP contribution in [0.3, 0.4) is 0 Å². The zero-order valence-corrected chi connectivity index (χ0v) is 15.0. The molecule has 1 saturated carbocycles. The molecule has 0 spiro atoms. The van der Waals surface area contributed by atoms with Gasteiger partial charge in [-0.25, -0.2) is 0 Å². The molecule has 3 rings (SSSR count). The lowest BCUT2D eigenvalue weighted by Gasteiger charge is -2.09. The molecule has 6 nitrogen and oxygen atoms in total. The molecule has 1 aromatic carbocycles. The summed E-state index contributed by atoms with van der Waals surface area (Å²) in [5.74, 6) is 1.15. The third kappa shape index (κ3) is 4.28. The first-order chi connectivity index (χ1) is 11.5. The van der Waals surface area contributed by atoms with Crippen molar-refractivity contribution in [1.29, 1.82) is 0 Å². The summed E-state index contributed by atoms with van der Waals surface area (Å²) in [5, 5.41) is 10.7. The van der Waals surface area contributed by atoms with Crippen molar-refractivity contribution in [3.8, 4) is 5.75 Å². The molecule has 9 heteroatoms. The maximum Gasteiger partial charge on any atom is 0.257 e. The molecule has 1 aliphatic carbocycles. The van der Waals surface area contributed by atoms with Crippen molar-refractivity contribution in [3.05, 3.63) is 38.8 Å². The lowest BCUT2D eigenvalue weighted by molar-refractivity contribution is -0.123. The number of H-pyrrole nitrogens is 1. The minimum atomic E-state index is -0.215. The monoisotopic (exact) mass is 386 g/mol. The van der Waals surface area contributed by atoms with Crippen LogP contribution in [0, 0.1) is 4.77 Å². The molecule has 128 valence electrons. The summed E-state index contributed by atoms with van der Waals surface area (Å²) < 4.78 is 8.06. The summed E-state index contributed by atoms with van der Waals surface area (Å²) in [4.78, 5) is 11.8. The first-order valence-electron chi connectivity index (χ1n) is 7.55. The van der Waals surface area contributed by atoms with E-state index >= 15 is 0 Å². The van der Waals surface area contributed by atoms with Crippen LogP contribution in [0.4, 0.5) is 0 Å². The van der Waals surface area contributed by atoms with Gasteiger partial charge in [0.2, 0.25) is 0 Å². The largest absolute Gasteiger partial charge is 0.484 e. The second-order valence-electron chi connectivity index (χ2n) is 5.51. The van der Waals surface area contributed by atoms with Crippen LogP contribution in [-0.4, -0.2) is 33.8 Å². The van der Waals surface area contributed by atoms with Crippen LogP contribution in [0.5, 0.6) is 5.75 Å². The average Bonchev–Trinajstić information content (AvgIpc) is 3.32. The van der Waals surface area contributed by atoms with Gasteiger partial charge in [0.15, 0.2) is 11.4 Å². The number of rotatable bonds is 7. The van der Waals surface area contributed by atoms with Crippen LogP contribution in [0.15, 0.2) is 18.2 Å². The van der Waals surface area contributed by atoms with E-state index in [0.717, 1.165) is 18.7 Å². The third-order valence-corrected chi connectivity index (χ3v) is 4.65. The van der Waals surface area contributed by atoms with Gasteiger partial charge in [-0.3, -0.25) is 9.89 Å². The predicted octanol–water partition coefficient (Wildman–Crippen LogP) is 3.32. The summed E-state index contributed by atoms with van der Waals surface area (Å²) in [5.41, 5.74) is 0. The Balaban J connectivity index is 1.44. The van der Waals surface area contributed by atoms with Gasteiger partial charge >= 0.3 is 0 Å². The summed E-state index contributed by atoms with van der Waals surface area (Å²) in [6, 6.07) is 5.32. The van der Waals surface area contributed by atoms with Gasteiger partial charge in [0.1, 0.15) is 11.6 Å². The van der Waals surface area contributed by atoms with E-state index in [2.05, 4.69) is 15.5 Å². The Morgan fingerprint density at radius 2 is 2.21 bits per heavy atom. The Morgan fingerprint density at radius 1 is 1.42 bits per heavy atom. The molecular weight excluding hydrogens is 371 g/mol. The normalized spacial score (nSPS) is 13.8. The van der Waals surface area contributed by atoms with Crippen molar-refractivity contribution in [2.24, 2.45) is 0 Å². The molecule has 0 radical (unpaired) electrons. The number of nitrogens with one attached hydrogen (secondary N) is 2. The van der Waals surface area contributed by atoms with Crippen molar-refractivity contribution in [2.45, 2.75) is 25.3 Å². The topological polar surface area (TPSA) is 71.9 Å². The smallest absolute Gasteiger partial charge is 0.257 e. The Labute approximate surface area is 154 Å². The van der Waals surface area contributed by atoms with Crippen molar-refractivity contribution < 1.29 is 9.53 Å². The first kappa shape index (κ1) is 17.3. The average molecular weight is 387 g/mol. The molecule has 0 saturated heterocycles. The molecule has 1 aromatic heterocycles. The molecule has 0 unspecified atom stereocenters. The predicted molar refractivity (Wildman–Crippen MR) is 94.4 cm³/mol. The zero-order valence-electron chi connectivity index (χ0n) is 12.7. The van der Waals surface area contributed by atoms with Gasteiger partial charge in [0, 0.05) is 25.1 Å². The number of carbonyl (C=O) groups is 1. The zero-order chi connectivity index (χ0) is 17.1. The van der Waals surface area contributed by atoms with E-state index in [1.54, 1.807) is 18.2 Å². The Hall–Kier alpha value is -1.57. The van der Waals surface area contributed by atoms with Crippen LogP contribution in [-0.2, 0) is 11.2 Å². The lowest BCUT2D eigenvalue weighted by atomic mass is 10.3. The highest BCUT2D eigenvalue weighted by atomic mass is 35.5. The van der Waals surface area contributed by atoms with Crippen LogP contribution >= 0.6 is 35.4 Å². The highest BCUT2D eigenvalue weighted by Gasteiger charge is 2.26. The fourth-order valence-corrected chi connectivity index (χ4v) is 2.89. The van der Waals surface area contributed by atoms with E-state index in [4.69, 9.17) is 40.2 Å². The SMILES string of the molecule is O=C(COc1ccc(Cl)c(Cl)c1)NCCc1n[nH]c(=S)n1C1CC1. The number of hydrogen-bond acceptors (Lipinski definition) is 4. The molecule has 2 N–H and O–H groups in total. The van der Waals surface area contributed by atoms with E-state index in [1.807, 2.05) is 4.57 Å². The van der Waals surface area contributed by atoms with Gasteiger partial charge in [-0.15, -0.1) is 0 Å². The molecule has 1 amide bonds. The number of carbonyl (C=O) groups excluding carboxylic acids is 1. The highest BCUT2D eigenvalue weighted by Crippen LogP contribution is 2.35. The van der Waals surface area contributed by atoms with Crippen LogP contribution in [0.2, 0.25) is 10.0 Å². The summed E-state index contributed by atoms with van der Waals surface area (Å²) in [7, 11) is 0. The molecular formula is C15H16Cl2N4O2S. The van der Waals surface area contributed by atoms with Gasteiger partial charge in [0.25, 0.3) is 5.91 Å². The number of nitrogens with zero attached hydrogens (tertiary/aromatic N) is 2. The second kappa shape index (κ2) is 7.55. The van der Waals surface area contributed by atoms with Crippen LogP contribution in [0.1, 0.15) is 24.7 Å². The fourth-order valence-electron chi connectivity index (χ4n) is 2.30. The van der Waals surface area contributed by atoms with Crippen molar-refractivity contribution >= 4 is 41.3 Å². The Bertz CT molecular complexity index is 801. The standard InChI is InChI=1S/C15H16Cl2N4O2S/c16-11-4-3-10(7-12(11)17)23-8-14(22)18-6-5-13-19-20-15(24)21(13)9-1-2-9/h3-4,7,9H,1-2,5-6,8H2,(H,18,22)(H,20,24). The van der Waals surface area contributed by atoms with E-state index in [9.17, 15) is 4.79 Å². The number of halogens is 2. The summed E-state index contributed by atoms with van der Waals surface area (Å²) >= 11 is 16.9. The van der Waals surface area contributed by atoms with Gasteiger partial charge in [-0.2, -0.15) is 5.10 Å². The Kier molecular flexibility index (Phi) is 5.43. The maximum absolute atomic E-state index is 11.8. The van der Waals surface area contributed by atoms with Crippen LogP contribution < -0.4 is 10.1 Å². The highest BCUT2D eigenvalue weighted by molar-refractivity contribution is 7.71. The second-order valence-corrected chi connectivity index (χ2v) is 6.71.